The quantitative estimate of drug-likeness (QED) is 0.928. The van der Waals surface area contributed by atoms with Crippen LogP contribution in [0.5, 0.6) is 5.75 Å². The number of fused-ring (bicyclic) bond motifs is 1. The summed E-state index contributed by atoms with van der Waals surface area (Å²) in [4.78, 5) is 14.8. The van der Waals surface area contributed by atoms with E-state index < -0.39 is 0 Å². The number of hydrogen-bond acceptors (Lipinski definition) is 3. The predicted octanol–water partition coefficient (Wildman–Crippen LogP) is 3.29. The second-order valence-electron chi connectivity index (χ2n) is 6.50. The van der Waals surface area contributed by atoms with E-state index in [1.165, 1.54) is 38.5 Å². The van der Waals surface area contributed by atoms with Gasteiger partial charge < -0.3 is 10.1 Å². The van der Waals surface area contributed by atoms with Crippen molar-refractivity contribution in [2.75, 3.05) is 25.5 Å². The normalized spacial score (nSPS) is 25.3. The molecule has 0 unspecified atom stereocenters. The SMILES string of the molecule is COc1cccc(NC(=O)CN2CCC[C@@H]3CCCC[C@@H]32)c1. The van der Waals surface area contributed by atoms with E-state index in [1.807, 2.05) is 24.3 Å². The molecule has 1 saturated heterocycles. The molecule has 1 heterocycles. The van der Waals surface area contributed by atoms with Crippen molar-refractivity contribution in [2.24, 2.45) is 5.92 Å². The number of carbonyl (C=O) groups is 1. The van der Waals surface area contributed by atoms with Gasteiger partial charge in [-0.2, -0.15) is 0 Å². The summed E-state index contributed by atoms with van der Waals surface area (Å²) in [5, 5.41) is 3.00. The molecule has 2 aliphatic rings. The van der Waals surface area contributed by atoms with E-state index in [4.69, 9.17) is 4.74 Å². The number of carbonyl (C=O) groups excluding carboxylic acids is 1. The van der Waals surface area contributed by atoms with Crippen LogP contribution in [-0.2, 0) is 4.79 Å². The first-order valence-corrected chi connectivity index (χ1v) is 8.44. The van der Waals surface area contributed by atoms with Crippen molar-refractivity contribution < 1.29 is 9.53 Å². The van der Waals surface area contributed by atoms with Gasteiger partial charge >= 0.3 is 0 Å². The minimum atomic E-state index is 0.0828. The van der Waals surface area contributed by atoms with Gasteiger partial charge in [-0.25, -0.2) is 0 Å². The Hall–Kier alpha value is -1.55. The highest BCUT2D eigenvalue weighted by Gasteiger charge is 2.33. The van der Waals surface area contributed by atoms with Crippen molar-refractivity contribution in [1.82, 2.24) is 4.90 Å². The third-order valence-electron chi connectivity index (χ3n) is 5.06. The maximum absolute atomic E-state index is 12.4. The lowest BCUT2D eigenvalue weighted by molar-refractivity contribution is -0.118. The molecular formula is C18H26N2O2. The number of amides is 1. The molecule has 2 fully saturated rings. The summed E-state index contributed by atoms with van der Waals surface area (Å²) in [5.41, 5.74) is 0.807. The first-order valence-electron chi connectivity index (χ1n) is 8.44. The minimum absolute atomic E-state index is 0.0828. The predicted molar refractivity (Wildman–Crippen MR) is 88.2 cm³/mol. The lowest BCUT2D eigenvalue weighted by Gasteiger charge is -2.43. The molecule has 22 heavy (non-hydrogen) atoms. The lowest BCUT2D eigenvalue weighted by Crippen LogP contribution is -2.49. The van der Waals surface area contributed by atoms with Gasteiger partial charge in [-0.15, -0.1) is 0 Å². The monoisotopic (exact) mass is 302 g/mol. The number of hydrogen-bond donors (Lipinski definition) is 1. The number of ether oxygens (including phenoxy) is 1. The molecule has 120 valence electrons. The van der Waals surface area contributed by atoms with Crippen molar-refractivity contribution in [2.45, 2.75) is 44.6 Å². The van der Waals surface area contributed by atoms with Crippen LogP contribution in [0.1, 0.15) is 38.5 Å². The molecule has 4 heteroatoms. The van der Waals surface area contributed by atoms with Crippen molar-refractivity contribution in [3.05, 3.63) is 24.3 Å². The van der Waals surface area contributed by atoms with Crippen LogP contribution in [0.4, 0.5) is 5.69 Å². The largest absolute Gasteiger partial charge is 0.497 e. The summed E-state index contributed by atoms with van der Waals surface area (Å²) < 4.78 is 5.20. The highest BCUT2D eigenvalue weighted by atomic mass is 16.5. The molecule has 4 nitrogen and oxygen atoms in total. The molecule has 1 N–H and O–H groups in total. The fourth-order valence-corrected chi connectivity index (χ4v) is 4.01. The second-order valence-corrected chi connectivity index (χ2v) is 6.50. The average molecular weight is 302 g/mol. The zero-order valence-corrected chi connectivity index (χ0v) is 13.4. The maximum atomic E-state index is 12.4. The topological polar surface area (TPSA) is 41.6 Å². The van der Waals surface area contributed by atoms with E-state index in [2.05, 4.69) is 10.2 Å². The molecular weight excluding hydrogens is 276 g/mol. The number of likely N-dealkylation sites (tertiary alicyclic amines) is 1. The number of nitrogens with zero attached hydrogens (tertiary/aromatic N) is 1. The number of benzene rings is 1. The summed E-state index contributed by atoms with van der Waals surface area (Å²) in [6, 6.07) is 8.16. The van der Waals surface area contributed by atoms with Gasteiger partial charge in [-0.3, -0.25) is 9.69 Å². The maximum Gasteiger partial charge on any atom is 0.238 e. The van der Waals surface area contributed by atoms with Gasteiger partial charge in [0.25, 0.3) is 0 Å². The number of nitrogens with one attached hydrogen (secondary N) is 1. The summed E-state index contributed by atoms with van der Waals surface area (Å²) in [6.07, 6.45) is 7.86. The van der Waals surface area contributed by atoms with Crippen molar-refractivity contribution in [1.29, 1.82) is 0 Å². The second kappa shape index (κ2) is 7.14. The van der Waals surface area contributed by atoms with Crippen LogP contribution >= 0.6 is 0 Å². The van der Waals surface area contributed by atoms with Gasteiger partial charge in [0.15, 0.2) is 0 Å². The van der Waals surface area contributed by atoms with Crippen LogP contribution in [0.15, 0.2) is 24.3 Å². The molecule has 0 aromatic heterocycles. The molecule has 3 rings (SSSR count). The van der Waals surface area contributed by atoms with Gasteiger partial charge in [0, 0.05) is 17.8 Å². The Morgan fingerprint density at radius 2 is 2.09 bits per heavy atom. The molecule has 1 aromatic rings. The summed E-state index contributed by atoms with van der Waals surface area (Å²) in [5.74, 6) is 1.66. The molecule has 1 aromatic carbocycles. The van der Waals surface area contributed by atoms with Gasteiger partial charge in [0.05, 0.1) is 13.7 Å². The lowest BCUT2D eigenvalue weighted by atomic mass is 9.78. The number of methoxy groups -OCH3 is 1. The van der Waals surface area contributed by atoms with Crippen LogP contribution in [0.25, 0.3) is 0 Å². The number of anilines is 1. The third-order valence-corrected chi connectivity index (χ3v) is 5.06. The zero-order valence-electron chi connectivity index (χ0n) is 13.4. The van der Waals surface area contributed by atoms with Crippen molar-refractivity contribution in [3.8, 4) is 5.75 Å². The molecule has 1 aliphatic heterocycles. The highest BCUT2D eigenvalue weighted by Crippen LogP contribution is 2.35. The Morgan fingerprint density at radius 3 is 2.95 bits per heavy atom. The Kier molecular flexibility index (Phi) is 4.98. The number of piperidine rings is 1. The van der Waals surface area contributed by atoms with E-state index in [0.717, 1.165) is 23.9 Å². The van der Waals surface area contributed by atoms with E-state index >= 15 is 0 Å². The van der Waals surface area contributed by atoms with Crippen LogP contribution < -0.4 is 10.1 Å². The van der Waals surface area contributed by atoms with Gasteiger partial charge in [-0.05, 0) is 50.3 Å². The van der Waals surface area contributed by atoms with Crippen LogP contribution in [0, 0.1) is 5.92 Å². The van der Waals surface area contributed by atoms with Gasteiger partial charge in [-0.1, -0.05) is 18.9 Å². The fourth-order valence-electron chi connectivity index (χ4n) is 4.01. The van der Waals surface area contributed by atoms with Crippen molar-refractivity contribution in [3.63, 3.8) is 0 Å². The van der Waals surface area contributed by atoms with Crippen LogP contribution in [0.3, 0.4) is 0 Å². The molecule has 1 amide bonds. The first-order chi connectivity index (χ1) is 10.8. The Morgan fingerprint density at radius 1 is 1.27 bits per heavy atom. The Balaban J connectivity index is 1.58. The smallest absolute Gasteiger partial charge is 0.238 e. The average Bonchev–Trinajstić information content (AvgIpc) is 2.55. The summed E-state index contributed by atoms with van der Waals surface area (Å²) >= 11 is 0. The molecule has 0 spiro atoms. The molecule has 1 saturated carbocycles. The van der Waals surface area contributed by atoms with Crippen LogP contribution in [0.2, 0.25) is 0 Å². The zero-order chi connectivity index (χ0) is 15.4. The summed E-state index contributed by atoms with van der Waals surface area (Å²) in [7, 11) is 1.64. The highest BCUT2D eigenvalue weighted by molar-refractivity contribution is 5.92. The van der Waals surface area contributed by atoms with Gasteiger partial charge in [0.2, 0.25) is 5.91 Å². The third kappa shape index (κ3) is 3.61. The number of rotatable bonds is 4. The summed E-state index contributed by atoms with van der Waals surface area (Å²) in [6.45, 7) is 1.57. The minimum Gasteiger partial charge on any atom is -0.497 e. The Labute approximate surface area is 132 Å². The molecule has 0 radical (unpaired) electrons. The molecule has 0 bridgehead atoms. The molecule has 1 aliphatic carbocycles. The van der Waals surface area contributed by atoms with E-state index in [0.29, 0.717) is 12.6 Å². The Bertz CT molecular complexity index is 516. The van der Waals surface area contributed by atoms with Crippen molar-refractivity contribution >= 4 is 11.6 Å². The fraction of sp³-hybridized carbons (Fsp3) is 0.611. The van der Waals surface area contributed by atoms with E-state index in [-0.39, 0.29) is 5.91 Å². The standard InChI is InChI=1S/C18H26N2O2/c1-22-16-9-4-8-15(12-16)19-18(21)13-20-11-5-7-14-6-2-3-10-17(14)20/h4,8-9,12,14,17H,2-3,5-7,10-11,13H2,1H3,(H,19,21)/t14-,17-/m0/s1. The van der Waals surface area contributed by atoms with Gasteiger partial charge in [0.1, 0.15) is 5.75 Å². The molecule has 2 atom stereocenters. The van der Waals surface area contributed by atoms with E-state index in [9.17, 15) is 4.79 Å². The van der Waals surface area contributed by atoms with Crippen LogP contribution in [-0.4, -0.2) is 37.0 Å². The van der Waals surface area contributed by atoms with E-state index in [1.54, 1.807) is 7.11 Å². The first kappa shape index (κ1) is 15.3.